The first-order valence-electron chi connectivity index (χ1n) is 9.71. The number of fused-ring (bicyclic) bond motifs is 2. The summed E-state index contributed by atoms with van der Waals surface area (Å²) in [6, 6.07) is 20.6. The van der Waals surface area contributed by atoms with Gasteiger partial charge >= 0.3 is 0 Å². The van der Waals surface area contributed by atoms with Crippen molar-refractivity contribution in [2.45, 2.75) is 19.4 Å². The summed E-state index contributed by atoms with van der Waals surface area (Å²) in [4.78, 5) is 10.7. The van der Waals surface area contributed by atoms with Crippen LogP contribution in [0.5, 0.6) is 11.5 Å². The quantitative estimate of drug-likeness (QED) is 0.476. The standard InChI is InChI=1S/C23H19N3O4/c1-15-11-17-12-21-22(30-14-29-21)13-20(17)23(16-7-9-19(10-8-16)26(27)28)24-25(15)18-5-3-2-4-6-18/h2-10,12-13,15H,11,14H2,1H3/t15-/m1/s1. The maximum absolute atomic E-state index is 11.1. The van der Waals surface area contributed by atoms with Crippen LogP contribution >= 0.6 is 0 Å². The van der Waals surface area contributed by atoms with E-state index < -0.39 is 4.92 Å². The Morgan fingerprint density at radius 2 is 1.73 bits per heavy atom. The normalized spacial score (nSPS) is 17.2. The summed E-state index contributed by atoms with van der Waals surface area (Å²) in [6.07, 6.45) is 0.765. The monoisotopic (exact) mass is 401 g/mol. The van der Waals surface area contributed by atoms with Crippen LogP contribution in [0.2, 0.25) is 0 Å². The molecule has 0 saturated heterocycles. The lowest BCUT2D eigenvalue weighted by Crippen LogP contribution is -2.29. The Bertz CT molecular complexity index is 1140. The fourth-order valence-corrected chi connectivity index (χ4v) is 3.89. The largest absolute Gasteiger partial charge is 0.454 e. The first kappa shape index (κ1) is 18.2. The molecule has 0 aromatic heterocycles. The molecule has 1 atom stereocenters. The molecule has 0 unspecified atom stereocenters. The fourth-order valence-electron chi connectivity index (χ4n) is 3.89. The van der Waals surface area contributed by atoms with E-state index in [-0.39, 0.29) is 18.5 Å². The minimum absolute atomic E-state index is 0.0483. The van der Waals surface area contributed by atoms with Gasteiger partial charge in [0.25, 0.3) is 5.69 Å². The molecule has 0 radical (unpaired) electrons. The van der Waals surface area contributed by atoms with E-state index >= 15 is 0 Å². The summed E-state index contributed by atoms with van der Waals surface area (Å²) in [6.45, 7) is 2.33. The second-order valence-electron chi connectivity index (χ2n) is 7.35. The number of benzene rings is 3. The predicted octanol–water partition coefficient (Wildman–Crippen LogP) is 4.53. The number of rotatable bonds is 3. The third-order valence-corrected chi connectivity index (χ3v) is 5.37. The van der Waals surface area contributed by atoms with Crippen LogP contribution in [0.15, 0.2) is 71.8 Å². The summed E-state index contributed by atoms with van der Waals surface area (Å²) in [7, 11) is 0. The number of hydrazone groups is 1. The predicted molar refractivity (Wildman–Crippen MR) is 113 cm³/mol. The van der Waals surface area contributed by atoms with E-state index in [4.69, 9.17) is 14.6 Å². The Morgan fingerprint density at radius 3 is 2.43 bits per heavy atom. The summed E-state index contributed by atoms with van der Waals surface area (Å²) in [5.41, 5.74) is 4.62. The molecule has 3 aromatic rings. The third kappa shape index (κ3) is 3.14. The average molecular weight is 401 g/mol. The number of non-ortho nitro benzene ring substituents is 1. The van der Waals surface area contributed by atoms with Gasteiger partial charge in [0.15, 0.2) is 11.5 Å². The van der Waals surface area contributed by atoms with E-state index in [0.29, 0.717) is 5.75 Å². The molecular formula is C23H19N3O4. The maximum atomic E-state index is 11.1. The Morgan fingerprint density at radius 1 is 1.03 bits per heavy atom. The van der Waals surface area contributed by atoms with Crippen LogP contribution in [0, 0.1) is 10.1 Å². The molecule has 7 nitrogen and oxygen atoms in total. The molecule has 30 heavy (non-hydrogen) atoms. The Kier molecular flexibility index (Phi) is 4.35. The minimum atomic E-state index is -0.400. The zero-order valence-electron chi connectivity index (χ0n) is 16.3. The van der Waals surface area contributed by atoms with Crippen LogP contribution in [0.4, 0.5) is 11.4 Å². The van der Waals surface area contributed by atoms with Crippen molar-refractivity contribution in [2.24, 2.45) is 5.10 Å². The van der Waals surface area contributed by atoms with Gasteiger partial charge in [0, 0.05) is 23.3 Å². The highest BCUT2D eigenvalue weighted by atomic mass is 16.7. The highest BCUT2D eigenvalue weighted by Gasteiger charge is 2.27. The summed E-state index contributed by atoms with van der Waals surface area (Å²) in [5, 5.41) is 18.1. The molecule has 0 fully saturated rings. The molecular weight excluding hydrogens is 382 g/mol. The number of nitro benzene ring substituents is 1. The second kappa shape index (κ2) is 7.18. The van der Waals surface area contributed by atoms with Gasteiger partial charge in [-0.1, -0.05) is 18.2 Å². The van der Waals surface area contributed by atoms with E-state index in [2.05, 4.69) is 6.92 Å². The van der Waals surface area contributed by atoms with Gasteiger partial charge < -0.3 is 9.47 Å². The van der Waals surface area contributed by atoms with Crippen LogP contribution in [-0.2, 0) is 6.42 Å². The zero-order chi connectivity index (χ0) is 20.7. The number of para-hydroxylation sites is 1. The SMILES string of the molecule is C[C@@H]1Cc2cc3c(cc2C(c2ccc([N+](=O)[O-])cc2)=NN1c1ccccc1)OCO3. The molecule has 0 amide bonds. The van der Waals surface area contributed by atoms with Gasteiger partial charge in [0.05, 0.1) is 22.4 Å². The van der Waals surface area contributed by atoms with E-state index in [1.807, 2.05) is 47.5 Å². The smallest absolute Gasteiger partial charge is 0.269 e. The van der Waals surface area contributed by atoms with Crippen molar-refractivity contribution in [3.05, 3.63) is 93.5 Å². The van der Waals surface area contributed by atoms with Crippen molar-refractivity contribution >= 4 is 17.1 Å². The van der Waals surface area contributed by atoms with Gasteiger partial charge in [-0.25, -0.2) is 0 Å². The highest BCUT2D eigenvalue weighted by molar-refractivity contribution is 6.14. The number of anilines is 1. The molecule has 0 saturated carbocycles. The number of hydrogen-bond donors (Lipinski definition) is 0. The van der Waals surface area contributed by atoms with Crippen molar-refractivity contribution in [3.8, 4) is 11.5 Å². The molecule has 0 spiro atoms. The number of hydrogen-bond acceptors (Lipinski definition) is 6. The number of nitro groups is 1. The van der Waals surface area contributed by atoms with Gasteiger partial charge in [-0.05, 0) is 55.3 Å². The topological polar surface area (TPSA) is 77.2 Å². The van der Waals surface area contributed by atoms with Gasteiger partial charge in [-0.2, -0.15) is 5.10 Å². The molecule has 2 aliphatic rings. The maximum Gasteiger partial charge on any atom is 0.269 e. The van der Waals surface area contributed by atoms with Gasteiger partial charge in [-0.15, -0.1) is 0 Å². The van der Waals surface area contributed by atoms with Crippen LogP contribution in [-0.4, -0.2) is 23.5 Å². The van der Waals surface area contributed by atoms with Crippen LogP contribution in [0.3, 0.4) is 0 Å². The van der Waals surface area contributed by atoms with Gasteiger partial charge in [-0.3, -0.25) is 15.1 Å². The van der Waals surface area contributed by atoms with E-state index in [9.17, 15) is 10.1 Å². The fraction of sp³-hybridized carbons (Fsp3) is 0.174. The molecule has 0 bridgehead atoms. The van der Waals surface area contributed by atoms with Crippen molar-refractivity contribution in [1.29, 1.82) is 0 Å². The highest BCUT2D eigenvalue weighted by Crippen LogP contribution is 2.38. The van der Waals surface area contributed by atoms with Gasteiger partial charge in [0.2, 0.25) is 6.79 Å². The van der Waals surface area contributed by atoms with Crippen molar-refractivity contribution in [1.82, 2.24) is 0 Å². The van der Waals surface area contributed by atoms with E-state index in [0.717, 1.165) is 40.3 Å². The van der Waals surface area contributed by atoms with E-state index in [1.165, 1.54) is 12.1 Å². The zero-order valence-corrected chi connectivity index (χ0v) is 16.3. The molecule has 3 aromatic carbocycles. The lowest BCUT2D eigenvalue weighted by Gasteiger charge is -2.25. The first-order chi connectivity index (χ1) is 14.6. The molecule has 7 heteroatoms. The summed E-state index contributed by atoms with van der Waals surface area (Å²) < 4.78 is 11.2. The number of ether oxygens (including phenoxy) is 2. The van der Waals surface area contributed by atoms with Gasteiger partial charge in [0.1, 0.15) is 0 Å². The van der Waals surface area contributed by atoms with Crippen molar-refractivity contribution in [2.75, 3.05) is 11.8 Å². The minimum Gasteiger partial charge on any atom is -0.454 e. The van der Waals surface area contributed by atoms with Crippen LogP contribution < -0.4 is 14.5 Å². The van der Waals surface area contributed by atoms with Crippen LogP contribution in [0.25, 0.3) is 0 Å². The molecule has 5 rings (SSSR count). The first-order valence-corrected chi connectivity index (χ1v) is 9.71. The Labute approximate surface area is 173 Å². The third-order valence-electron chi connectivity index (χ3n) is 5.37. The Hall–Kier alpha value is -3.87. The molecule has 150 valence electrons. The molecule has 2 heterocycles. The average Bonchev–Trinajstić information content (AvgIpc) is 3.16. The molecule has 2 aliphatic heterocycles. The van der Waals surface area contributed by atoms with Crippen molar-refractivity contribution < 1.29 is 14.4 Å². The second-order valence-corrected chi connectivity index (χ2v) is 7.35. The summed E-state index contributed by atoms with van der Waals surface area (Å²) >= 11 is 0. The van der Waals surface area contributed by atoms with Crippen LogP contribution in [0.1, 0.15) is 23.6 Å². The van der Waals surface area contributed by atoms with Crippen molar-refractivity contribution in [3.63, 3.8) is 0 Å². The Balaban J connectivity index is 1.69. The lowest BCUT2D eigenvalue weighted by atomic mass is 9.94. The summed E-state index contributed by atoms with van der Waals surface area (Å²) in [5.74, 6) is 1.42. The van der Waals surface area contributed by atoms with E-state index in [1.54, 1.807) is 12.1 Å². The molecule has 0 aliphatic carbocycles. The lowest BCUT2D eigenvalue weighted by molar-refractivity contribution is -0.384. The number of nitrogens with zero attached hydrogens (tertiary/aromatic N) is 3. The molecule has 0 N–H and O–H groups in total.